The van der Waals surface area contributed by atoms with Gasteiger partial charge in [0.15, 0.2) is 0 Å². The Morgan fingerprint density at radius 2 is 1.95 bits per heavy atom. The van der Waals surface area contributed by atoms with Crippen molar-refractivity contribution in [1.29, 1.82) is 0 Å². The van der Waals surface area contributed by atoms with Crippen LogP contribution in [0, 0.1) is 12.8 Å². The van der Waals surface area contributed by atoms with E-state index >= 15 is 0 Å². The highest BCUT2D eigenvalue weighted by molar-refractivity contribution is 9.10. The van der Waals surface area contributed by atoms with Crippen molar-refractivity contribution in [1.82, 2.24) is 5.32 Å². The molecule has 3 heteroatoms. The number of rotatable bonds is 2. The molecule has 2 nitrogen and oxygen atoms in total. The van der Waals surface area contributed by atoms with Crippen LogP contribution in [0.1, 0.15) is 44.6 Å². The Kier molecular flexibility index (Phi) is 4.90. The second-order valence-corrected chi connectivity index (χ2v) is 7.65. The van der Waals surface area contributed by atoms with E-state index in [0.29, 0.717) is 12.1 Å². The SMILES string of the molecule is Cc1c(Br)cccc1N1CC(C2CCCCC2)NCC1C. The maximum atomic E-state index is 3.82. The van der Waals surface area contributed by atoms with Gasteiger partial charge >= 0.3 is 0 Å². The van der Waals surface area contributed by atoms with Crippen molar-refractivity contribution in [2.45, 2.75) is 58.0 Å². The molecule has 1 saturated heterocycles. The van der Waals surface area contributed by atoms with E-state index < -0.39 is 0 Å². The van der Waals surface area contributed by atoms with Crippen LogP contribution in [0.3, 0.4) is 0 Å². The van der Waals surface area contributed by atoms with Crippen LogP contribution in [0.5, 0.6) is 0 Å². The average molecular weight is 351 g/mol. The van der Waals surface area contributed by atoms with E-state index in [4.69, 9.17) is 0 Å². The maximum Gasteiger partial charge on any atom is 0.0410 e. The number of anilines is 1. The molecule has 1 aliphatic heterocycles. The van der Waals surface area contributed by atoms with Crippen molar-refractivity contribution in [2.75, 3.05) is 18.0 Å². The molecule has 3 rings (SSSR count). The summed E-state index contributed by atoms with van der Waals surface area (Å²) in [5.74, 6) is 0.876. The zero-order valence-corrected chi connectivity index (χ0v) is 14.8. The lowest BCUT2D eigenvalue weighted by Crippen LogP contribution is -2.58. The van der Waals surface area contributed by atoms with Crippen molar-refractivity contribution in [2.24, 2.45) is 5.92 Å². The standard InChI is InChI=1S/C18H27BrN2/c1-13-11-20-17(15-7-4-3-5-8-15)12-21(13)18-10-6-9-16(19)14(18)2/h6,9-10,13,15,17,20H,3-5,7-8,11-12H2,1-2H3. The van der Waals surface area contributed by atoms with Gasteiger partial charge in [0.25, 0.3) is 0 Å². The highest BCUT2D eigenvalue weighted by Crippen LogP contribution is 2.33. The lowest BCUT2D eigenvalue weighted by atomic mass is 9.82. The molecule has 0 spiro atoms. The summed E-state index contributed by atoms with van der Waals surface area (Å²) in [5, 5.41) is 3.82. The fourth-order valence-corrected chi connectivity index (χ4v) is 4.34. The first-order chi connectivity index (χ1) is 10.2. The molecule has 2 unspecified atom stereocenters. The van der Waals surface area contributed by atoms with Crippen molar-refractivity contribution in [3.05, 3.63) is 28.2 Å². The molecule has 2 atom stereocenters. The second kappa shape index (κ2) is 6.70. The molecule has 2 aliphatic rings. The maximum absolute atomic E-state index is 3.82. The van der Waals surface area contributed by atoms with E-state index in [0.717, 1.165) is 19.0 Å². The first-order valence-corrected chi connectivity index (χ1v) is 9.21. The van der Waals surface area contributed by atoms with Crippen LogP contribution in [-0.4, -0.2) is 25.2 Å². The van der Waals surface area contributed by atoms with Crippen molar-refractivity contribution >= 4 is 21.6 Å². The van der Waals surface area contributed by atoms with Gasteiger partial charge in [-0.25, -0.2) is 0 Å². The Labute approximate surface area is 137 Å². The van der Waals surface area contributed by atoms with Gasteiger partial charge in [-0.15, -0.1) is 0 Å². The van der Waals surface area contributed by atoms with Crippen LogP contribution in [-0.2, 0) is 0 Å². The number of nitrogens with zero attached hydrogens (tertiary/aromatic N) is 1. The number of piperazine rings is 1. The van der Waals surface area contributed by atoms with E-state index in [1.165, 1.54) is 47.8 Å². The lowest BCUT2D eigenvalue weighted by Gasteiger charge is -2.44. The molecule has 1 N–H and O–H groups in total. The zero-order valence-electron chi connectivity index (χ0n) is 13.2. The quantitative estimate of drug-likeness (QED) is 0.844. The van der Waals surface area contributed by atoms with Crippen molar-refractivity contribution in [3.8, 4) is 0 Å². The fourth-order valence-electron chi connectivity index (χ4n) is 3.98. The Bertz CT molecular complexity index is 482. The molecule has 1 heterocycles. The second-order valence-electron chi connectivity index (χ2n) is 6.80. The molecule has 2 fully saturated rings. The number of halogens is 1. The van der Waals surface area contributed by atoms with Gasteiger partial charge < -0.3 is 10.2 Å². The first-order valence-electron chi connectivity index (χ1n) is 8.42. The van der Waals surface area contributed by atoms with Gasteiger partial charge in [-0.05, 0) is 50.3 Å². The summed E-state index contributed by atoms with van der Waals surface area (Å²) in [6.07, 6.45) is 7.12. The molecular weight excluding hydrogens is 324 g/mol. The molecule has 1 saturated carbocycles. The van der Waals surface area contributed by atoms with Gasteiger partial charge in [0.05, 0.1) is 0 Å². The molecule has 0 bridgehead atoms. The molecule has 0 amide bonds. The predicted molar refractivity (Wildman–Crippen MR) is 94.1 cm³/mol. The van der Waals surface area contributed by atoms with Gasteiger partial charge in [0.2, 0.25) is 0 Å². The average Bonchev–Trinajstić information content (AvgIpc) is 2.52. The molecule has 1 aromatic rings. The van der Waals surface area contributed by atoms with Crippen LogP contribution in [0.2, 0.25) is 0 Å². The molecule has 0 aromatic heterocycles. The summed E-state index contributed by atoms with van der Waals surface area (Å²) >= 11 is 3.68. The molecule has 1 aromatic carbocycles. The molecular formula is C18H27BrN2. The largest absolute Gasteiger partial charge is 0.366 e. The van der Waals surface area contributed by atoms with Crippen LogP contribution >= 0.6 is 15.9 Å². The summed E-state index contributed by atoms with van der Waals surface area (Å²) in [6, 6.07) is 7.82. The smallest absolute Gasteiger partial charge is 0.0410 e. The van der Waals surface area contributed by atoms with Gasteiger partial charge in [-0.1, -0.05) is 41.3 Å². The van der Waals surface area contributed by atoms with E-state index in [2.05, 4.69) is 58.2 Å². The van der Waals surface area contributed by atoms with E-state index in [1.54, 1.807) is 0 Å². The van der Waals surface area contributed by atoms with E-state index in [1.807, 2.05) is 0 Å². The number of benzene rings is 1. The Morgan fingerprint density at radius 1 is 1.19 bits per heavy atom. The van der Waals surface area contributed by atoms with E-state index in [9.17, 15) is 0 Å². The van der Waals surface area contributed by atoms with Crippen molar-refractivity contribution in [3.63, 3.8) is 0 Å². The summed E-state index contributed by atoms with van der Waals surface area (Å²) in [6.45, 7) is 6.82. The molecule has 0 radical (unpaired) electrons. The zero-order chi connectivity index (χ0) is 14.8. The number of nitrogens with one attached hydrogen (secondary N) is 1. The molecule has 1 aliphatic carbocycles. The van der Waals surface area contributed by atoms with Crippen LogP contribution in [0.25, 0.3) is 0 Å². The fraction of sp³-hybridized carbons (Fsp3) is 0.667. The Morgan fingerprint density at radius 3 is 2.71 bits per heavy atom. The normalized spacial score (nSPS) is 27.9. The first kappa shape index (κ1) is 15.4. The summed E-state index contributed by atoms with van der Waals surface area (Å²) in [4.78, 5) is 2.62. The van der Waals surface area contributed by atoms with E-state index in [-0.39, 0.29) is 0 Å². The van der Waals surface area contributed by atoms with Crippen molar-refractivity contribution < 1.29 is 0 Å². The van der Waals surface area contributed by atoms with Crippen LogP contribution < -0.4 is 10.2 Å². The Balaban J connectivity index is 1.78. The number of hydrogen-bond donors (Lipinski definition) is 1. The topological polar surface area (TPSA) is 15.3 Å². The minimum atomic E-state index is 0.567. The lowest BCUT2D eigenvalue weighted by molar-refractivity contribution is 0.245. The van der Waals surface area contributed by atoms with Gasteiger partial charge in [0.1, 0.15) is 0 Å². The third kappa shape index (κ3) is 3.29. The summed E-state index contributed by atoms with van der Waals surface area (Å²) in [7, 11) is 0. The molecule has 21 heavy (non-hydrogen) atoms. The number of hydrogen-bond acceptors (Lipinski definition) is 2. The Hall–Kier alpha value is -0.540. The summed E-state index contributed by atoms with van der Waals surface area (Å²) < 4.78 is 1.22. The third-order valence-electron chi connectivity index (χ3n) is 5.37. The van der Waals surface area contributed by atoms with Crippen LogP contribution in [0.4, 0.5) is 5.69 Å². The van der Waals surface area contributed by atoms with Crippen LogP contribution in [0.15, 0.2) is 22.7 Å². The highest BCUT2D eigenvalue weighted by Gasteiger charge is 2.31. The third-order valence-corrected chi connectivity index (χ3v) is 6.23. The van der Waals surface area contributed by atoms with Gasteiger partial charge in [-0.3, -0.25) is 0 Å². The minimum Gasteiger partial charge on any atom is -0.366 e. The summed E-state index contributed by atoms with van der Waals surface area (Å²) in [5.41, 5.74) is 2.77. The predicted octanol–water partition coefficient (Wildman–Crippen LogP) is 4.50. The monoisotopic (exact) mass is 350 g/mol. The minimum absolute atomic E-state index is 0.567. The van der Waals surface area contributed by atoms with Gasteiger partial charge in [0, 0.05) is 35.3 Å². The molecule has 116 valence electrons. The van der Waals surface area contributed by atoms with Gasteiger partial charge in [-0.2, -0.15) is 0 Å². The highest BCUT2D eigenvalue weighted by atomic mass is 79.9.